The standard InChI is InChI=1S/C16H19Cl2N3O3/c17-10-4-12-13(5-11(10)18)21(16(20-12)19-8-1-2-8)9-3-14(23)15(6-22)24-7-9/h4-5,8-9,14-15,22-23H,1-3,6-7H2,(H,19,20)/t9-,14-,15+/m0/s1. The number of aliphatic hydroxyl groups is 2. The number of nitrogens with one attached hydrogen (secondary N) is 1. The summed E-state index contributed by atoms with van der Waals surface area (Å²) in [5.41, 5.74) is 1.61. The van der Waals surface area contributed by atoms with Crippen molar-refractivity contribution in [1.82, 2.24) is 9.55 Å². The molecular weight excluding hydrogens is 353 g/mol. The molecule has 1 saturated carbocycles. The molecule has 2 heterocycles. The monoisotopic (exact) mass is 371 g/mol. The Morgan fingerprint density at radius 2 is 2.04 bits per heavy atom. The zero-order valence-electron chi connectivity index (χ0n) is 13.0. The number of benzene rings is 1. The van der Waals surface area contributed by atoms with Crippen molar-refractivity contribution in [3.05, 3.63) is 22.2 Å². The Hall–Kier alpha value is -1.05. The van der Waals surface area contributed by atoms with Crippen LogP contribution in [0.4, 0.5) is 5.95 Å². The lowest BCUT2D eigenvalue weighted by atomic mass is 10.0. The summed E-state index contributed by atoms with van der Waals surface area (Å²) in [5, 5.41) is 23.8. The van der Waals surface area contributed by atoms with Crippen molar-refractivity contribution in [2.75, 3.05) is 18.5 Å². The van der Waals surface area contributed by atoms with Crippen LogP contribution < -0.4 is 5.32 Å². The van der Waals surface area contributed by atoms with Gasteiger partial charge >= 0.3 is 0 Å². The number of anilines is 1. The van der Waals surface area contributed by atoms with Crippen molar-refractivity contribution < 1.29 is 14.9 Å². The molecule has 3 N–H and O–H groups in total. The summed E-state index contributed by atoms with van der Waals surface area (Å²) in [6.45, 7) is 0.209. The molecule has 0 radical (unpaired) electrons. The molecule has 2 aromatic rings. The average molecular weight is 372 g/mol. The molecule has 1 aromatic heterocycles. The molecule has 2 aliphatic rings. The van der Waals surface area contributed by atoms with Gasteiger partial charge in [-0.3, -0.25) is 0 Å². The lowest BCUT2D eigenvalue weighted by Gasteiger charge is -2.34. The van der Waals surface area contributed by atoms with Crippen molar-refractivity contribution in [3.8, 4) is 0 Å². The molecular formula is C16H19Cl2N3O3. The summed E-state index contributed by atoms with van der Waals surface area (Å²) >= 11 is 12.3. The van der Waals surface area contributed by atoms with E-state index in [0.717, 1.165) is 29.8 Å². The molecule has 0 spiro atoms. The number of halogens is 2. The van der Waals surface area contributed by atoms with E-state index in [1.807, 2.05) is 4.57 Å². The van der Waals surface area contributed by atoms with Gasteiger partial charge in [0.05, 0.1) is 46.4 Å². The molecule has 1 aliphatic carbocycles. The maximum atomic E-state index is 10.2. The number of hydrogen-bond acceptors (Lipinski definition) is 5. The Kier molecular flexibility index (Phi) is 4.34. The van der Waals surface area contributed by atoms with Crippen LogP contribution >= 0.6 is 23.2 Å². The van der Waals surface area contributed by atoms with Crippen molar-refractivity contribution in [2.24, 2.45) is 0 Å². The number of fused-ring (bicyclic) bond motifs is 1. The van der Waals surface area contributed by atoms with Gasteiger partial charge in [-0.1, -0.05) is 23.2 Å². The van der Waals surface area contributed by atoms with Gasteiger partial charge in [0.2, 0.25) is 5.95 Å². The molecule has 6 nitrogen and oxygen atoms in total. The van der Waals surface area contributed by atoms with Gasteiger partial charge in [0, 0.05) is 6.04 Å². The number of ether oxygens (including phenoxy) is 1. The van der Waals surface area contributed by atoms with E-state index in [9.17, 15) is 10.2 Å². The summed E-state index contributed by atoms with van der Waals surface area (Å²) < 4.78 is 7.65. The van der Waals surface area contributed by atoms with E-state index >= 15 is 0 Å². The second kappa shape index (κ2) is 6.35. The van der Waals surface area contributed by atoms with Crippen LogP contribution in [0.15, 0.2) is 12.1 Å². The van der Waals surface area contributed by atoms with Gasteiger partial charge in [-0.15, -0.1) is 0 Å². The minimum atomic E-state index is -0.720. The number of imidazole rings is 1. The van der Waals surface area contributed by atoms with Gasteiger partial charge in [0.1, 0.15) is 6.10 Å². The highest BCUT2D eigenvalue weighted by molar-refractivity contribution is 6.42. The van der Waals surface area contributed by atoms with Gasteiger partial charge in [-0.2, -0.15) is 0 Å². The van der Waals surface area contributed by atoms with Crippen LogP contribution in [0.3, 0.4) is 0 Å². The molecule has 3 atom stereocenters. The van der Waals surface area contributed by atoms with E-state index in [1.165, 1.54) is 0 Å². The molecule has 130 valence electrons. The average Bonchev–Trinajstić information content (AvgIpc) is 3.29. The second-order valence-corrected chi connectivity index (χ2v) is 7.30. The predicted molar refractivity (Wildman–Crippen MR) is 92.9 cm³/mol. The van der Waals surface area contributed by atoms with Crippen LogP contribution in [0.1, 0.15) is 25.3 Å². The first-order valence-electron chi connectivity index (χ1n) is 8.11. The van der Waals surface area contributed by atoms with Crippen molar-refractivity contribution in [1.29, 1.82) is 0 Å². The maximum absolute atomic E-state index is 10.2. The Bertz CT molecular complexity index is 763. The smallest absolute Gasteiger partial charge is 0.204 e. The molecule has 24 heavy (non-hydrogen) atoms. The maximum Gasteiger partial charge on any atom is 0.204 e. The first-order chi connectivity index (χ1) is 11.6. The fourth-order valence-corrected chi connectivity index (χ4v) is 3.49. The van der Waals surface area contributed by atoms with E-state index < -0.39 is 12.2 Å². The number of aromatic nitrogens is 2. The van der Waals surface area contributed by atoms with Crippen LogP contribution in [0.5, 0.6) is 0 Å². The highest BCUT2D eigenvalue weighted by atomic mass is 35.5. The number of aliphatic hydroxyl groups excluding tert-OH is 2. The Balaban J connectivity index is 1.75. The van der Waals surface area contributed by atoms with Crippen molar-refractivity contribution in [3.63, 3.8) is 0 Å². The zero-order valence-corrected chi connectivity index (χ0v) is 14.5. The largest absolute Gasteiger partial charge is 0.394 e. The number of rotatable bonds is 4. The summed E-state index contributed by atoms with van der Waals surface area (Å²) in [6, 6.07) is 3.90. The lowest BCUT2D eigenvalue weighted by molar-refractivity contribution is -0.111. The van der Waals surface area contributed by atoms with Gasteiger partial charge in [-0.25, -0.2) is 4.98 Å². The third-order valence-corrected chi connectivity index (χ3v) is 5.35. The summed E-state index contributed by atoms with van der Waals surface area (Å²) in [7, 11) is 0. The van der Waals surface area contributed by atoms with Gasteiger partial charge in [0.15, 0.2) is 0 Å². The highest BCUT2D eigenvalue weighted by Crippen LogP contribution is 2.36. The Morgan fingerprint density at radius 3 is 2.71 bits per heavy atom. The van der Waals surface area contributed by atoms with Crippen LogP contribution in [-0.2, 0) is 4.74 Å². The quantitative estimate of drug-likeness (QED) is 0.769. The topological polar surface area (TPSA) is 79.5 Å². The summed E-state index contributed by atoms with van der Waals surface area (Å²) in [5.74, 6) is 0.745. The minimum Gasteiger partial charge on any atom is -0.394 e. The SMILES string of the molecule is OC[C@H]1OC[C@@H](n2c(NC3CC3)nc3cc(Cl)c(Cl)cc32)C[C@@H]1O. The normalized spacial score (nSPS) is 27.6. The van der Waals surface area contributed by atoms with E-state index in [-0.39, 0.29) is 12.6 Å². The van der Waals surface area contributed by atoms with E-state index in [1.54, 1.807) is 12.1 Å². The number of nitrogens with zero attached hydrogens (tertiary/aromatic N) is 2. The van der Waals surface area contributed by atoms with Crippen molar-refractivity contribution >= 4 is 40.2 Å². The molecule has 2 fully saturated rings. The minimum absolute atomic E-state index is 0.0914. The molecule has 0 amide bonds. The molecule has 1 saturated heterocycles. The van der Waals surface area contributed by atoms with Gasteiger partial charge < -0.3 is 24.8 Å². The van der Waals surface area contributed by atoms with Crippen LogP contribution in [0, 0.1) is 0 Å². The number of hydrogen-bond donors (Lipinski definition) is 3. The van der Waals surface area contributed by atoms with Gasteiger partial charge in [0.25, 0.3) is 0 Å². The fraction of sp³-hybridized carbons (Fsp3) is 0.562. The third-order valence-electron chi connectivity index (χ3n) is 4.63. The van der Waals surface area contributed by atoms with Crippen LogP contribution in [0.25, 0.3) is 11.0 Å². The van der Waals surface area contributed by atoms with E-state index in [0.29, 0.717) is 29.1 Å². The van der Waals surface area contributed by atoms with Crippen LogP contribution in [0.2, 0.25) is 10.0 Å². The Labute approximate surface area is 149 Å². The van der Waals surface area contributed by atoms with E-state index in [4.69, 9.17) is 27.9 Å². The third kappa shape index (κ3) is 2.97. The fourth-order valence-electron chi connectivity index (χ4n) is 3.17. The van der Waals surface area contributed by atoms with Gasteiger partial charge in [-0.05, 0) is 31.4 Å². The van der Waals surface area contributed by atoms with E-state index in [2.05, 4.69) is 10.3 Å². The molecule has 1 aromatic carbocycles. The molecule has 8 heteroatoms. The lowest BCUT2D eigenvalue weighted by Crippen LogP contribution is -2.41. The predicted octanol–water partition coefficient (Wildman–Crippen LogP) is 2.60. The summed E-state index contributed by atoms with van der Waals surface area (Å²) in [6.07, 6.45) is 1.48. The highest BCUT2D eigenvalue weighted by Gasteiger charge is 2.33. The summed E-state index contributed by atoms with van der Waals surface area (Å²) in [4.78, 5) is 4.66. The molecule has 1 aliphatic heterocycles. The molecule has 0 bridgehead atoms. The second-order valence-electron chi connectivity index (χ2n) is 6.49. The molecule has 0 unspecified atom stereocenters. The van der Waals surface area contributed by atoms with Crippen molar-refractivity contribution in [2.45, 2.75) is 43.6 Å². The first kappa shape index (κ1) is 16.4. The van der Waals surface area contributed by atoms with Crippen LogP contribution in [-0.4, -0.2) is 51.2 Å². The zero-order chi connectivity index (χ0) is 16.8. The Morgan fingerprint density at radius 1 is 1.29 bits per heavy atom. The molecule has 4 rings (SSSR count). The first-order valence-corrected chi connectivity index (χ1v) is 8.86.